The predicted octanol–water partition coefficient (Wildman–Crippen LogP) is 1.24. The molecule has 0 fully saturated rings. The lowest BCUT2D eigenvalue weighted by Gasteiger charge is -2.04. The molecule has 0 saturated carbocycles. The average molecular weight is 190 g/mol. The van der Waals surface area contributed by atoms with Crippen LogP contribution in [0.5, 0.6) is 5.75 Å². The maximum absolute atomic E-state index is 11.4. The highest BCUT2D eigenvalue weighted by atomic mass is 16.5. The number of nitrogens with one attached hydrogen (secondary N) is 1. The van der Waals surface area contributed by atoms with Gasteiger partial charge in [-0.1, -0.05) is 0 Å². The van der Waals surface area contributed by atoms with Crippen molar-refractivity contribution in [3.8, 4) is 5.75 Å². The molecule has 0 bridgehead atoms. The van der Waals surface area contributed by atoms with Crippen LogP contribution in [0.25, 0.3) is 10.9 Å². The van der Waals surface area contributed by atoms with E-state index >= 15 is 0 Å². The summed E-state index contributed by atoms with van der Waals surface area (Å²) in [5.41, 5.74) is 1.51. The molecular formula is C10H10N2O2. The van der Waals surface area contributed by atoms with Gasteiger partial charge in [0, 0.05) is 0 Å². The third kappa shape index (κ3) is 1.25. The minimum atomic E-state index is -0.145. The van der Waals surface area contributed by atoms with Crippen molar-refractivity contribution in [3.63, 3.8) is 0 Å². The van der Waals surface area contributed by atoms with Crippen LogP contribution >= 0.6 is 0 Å². The Morgan fingerprint density at radius 2 is 2.21 bits per heavy atom. The number of rotatable bonds is 1. The van der Waals surface area contributed by atoms with E-state index in [0.29, 0.717) is 16.7 Å². The van der Waals surface area contributed by atoms with E-state index < -0.39 is 0 Å². The van der Waals surface area contributed by atoms with E-state index in [9.17, 15) is 4.79 Å². The molecule has 2 rings (SSSR count). The molecule has 2 aromatic rings. The summed E-state index contributed by atoms with van der Waals surface area (Å²) >= 11 is 0. The molecule has 4 heteroatoms. The Labute approximate surface area is 80.6 Å². The van der Waals surface area contributed by atoms with Gasteiger partial charge in [-0.25, -0.2) is 4.98 Å². The van der Waals surface area contributed by atoms with Gasteiger partial charge in [0.2, 0.25) is 0 Å². The Hall–Kier alpha value is -1.84. The molecule has 0 amide bonds. The summed E-state index contributed by atoms with van der Waals surface area (Å²) in [5.74, 6) is 0.705. The summed E-state index contributed by atoms with van der Waals surface area (Å²) in [6.45, 7) is 1.92. The molecule has 1 aromatic heterocycles. The Balaban J connectivity index is 2.87. The molecule has 14 heavy (non-hydrogen) atoms. The average Bonchev–Trinajstić information content (AvgIpc) is 2.17. The van der Waals surface area contributed by atoms with Crippen molar-refractivity contribution in [2.75, 3.05) is 7.11 Å². The van der Waals surface area contributed by atoms with Crippen molar-refractivity contribution < 1.29 is 4.74 Å². The predicted molar refractivity (Wildman–Crippen MR) is 53.7 cm³/mol. The van der Waals surface area contributed by atoms with Crippen molar-refractivity contribution in [2.45, 2.75) is 6.92 Å². The van der Waals surface area contributed by atoms with Gasteiger partial charge >= 0.3 is 0 Å². The van der Waals surface area contributed by atoms with Gasteiger partial charge in [-0.2, -0.15) is 0 Å². The molecule has 0 radical (unpaired) electrons. The highest BCUT2D eigenvalue weighted by Gasteiger charge is 2.04. The Morgan fingerprint density at radius 1 is 1.43 bits per heavy atom. The zero-order valence-electron chi connectivity index (χ0n) is 8.00. The third-order valence-corrected chi connectivity index (χ3v) is 2.16. The van der Waals surface area contributed by atoms with E-state index in [1.54, 1.807) is 13.2 Å². The molecule has 1 heterocycles. The van der Waals surface area contributed by atoms with E-state index in [4.69, 9.17) is 4.74 Å². The van der Waals surface area contributed by atoms with Crippen molar-refractivity contribution in [1.82, 2.24) is 9.97 Å². The van der Waals surface area contributed by atoms with Crippen molar-refractivity contribution in [3.05, 3.63) is 34.4 Å². The lowest BCUT2D eigenvalue weighted by Crippen LogP contribution is -2.06. The molecular weight excluding hydrogens is 180 g/mol. The van der Waals surface area contributed by atoms with E-state index in [2.05, 4.69) is 9.97 Å². The lowest BCUT2D eigenvalue weighted by molar-refractivity contribution is 0.412. The minimum Gasteiger partial charge on any atom is -0.496 e. The van der Waals surface area contributed by atoms with Crippen LogP contribution in [0.2, 0.25) is 0 Å². The van der Waals surface area contributed by atoms with Crippen LogP contribution in [0, 0.1) is 6.92 Å². The van der Waals surface area contributed by atoms with Gasteiger partial charge in [-0.3, -0.25) is 4.79 Å². The van der Waals surface area contributed by atoms with Crippen LogP contribution in [-0.2, 0) is 0 Å². The van der Waals surface area contributed by atoms with Crippen LogP contribution in [-0.4, -0.2) is 17.1 Å². The topological polar surface area (TPSA) is 55.0 Å². The molecule has 0 spiro atoms. The zero-order valence-corrected chi connectivity index (χ0v) is 8.00. The lowest BCUT2D eigenvalue weighted by atomic mass is 10.1. The number of fused-ring (bicyclic) bond motifs is 1. The number of aryl methyl sites for hydroxylation is 1. The standard InChI is InChI=1S/C10H10N2O2/c1-6-3-8-7(4-9(6)14-2)10(13)12-5-11-8/h3-5H,1-2H3,(H,11,12,13). The molecule has 0 aliphatic heterocycles. The number of methoxy groups -OCH3 is 1. The normalized spacial score (nSPS) is 10.4. The van der Waals surface area contributed by atoms with Crippen LogP contribution < -0.4 is 10.3 Å². The number of benzene rings is 1. The first-order chi connectivity index (χ1) is 6.72. The number of hydrogen-bond acceptors (Lipinski definition) is 3. The number of ether oxygens (including phenoxy) is 1. The smallest absolute Gasteiger partial charge is 0.258 e. The molecule has 1 aromatic carbocycles. The van der Waals surface area contributed by atoms with Crippen molar-refractivity contribution in [1.29, 1.82) is 0 Å². The first kappa shape index (κ1) is 8.74. The van der Waals surface area contributed by atoms with Gasteiger partial charge in [0.1, 0.15) is 5.75 Å². The molecule has 0 aliphatic carbocycles. The second-order valence-corrected chi connectivity index (χ2v) is 3.07. The molecule has 4 nitrogen and oxygen atoms in total. The monoisotopic (exact) mass is 190 g/mol. The van der Waals surface area contributed by atoms with Crippen molar-refractivity contribution >= 4 is 10.9 Å². The van der Waals surface area contributed by atoms with Gasteiger partial charge in [-0.15, -0.1) is 0 Å². The highest BCUT2D eigenvalue weighted by Crippen LogP contribution is 2.21. The first-order valence-electron chi connectivity index (χ1n) is 4.24. The number of nitrogens with zero attached hydrogens (tertiary/aromatic N) is 1. The van der Waals surface area contributed by atoms with Crippen molar-refractivity contribution in [2.24, 2.45) is 0 Å². The summed E-state index contributed by atoms with van der Waals surface area (Å²) in [6, 6.07) is 3.54. The summed E-state index contributed by atoms with van der Waals surface area (Å²) in [6.07, 6.45) is 1.40. The van der Waals surface area contributed by atoms with Crippen LogP contribution in [0.15, 0.2) is 23.3 Å². The SMILES string of the molecule is COc1cc2c(=O)[nH]cnc2cc1C. The van der Waals surface area contributed by atoms with Crippen LogP contribution in [0.3, 0.4) is 0 Å². The van der Waals surface area contributed by atoms with E-state index in [1.807, 2.05) is 13.0 Å². The maximum Gasteiger partial charge on any atom is 0.258 e. The summed E-state index contributed by atoms with van der Waals surface area (Å²) in [7, 11) is 1.58. The largest absolute Gasteiger partial charge is 0.496 e. The molecule has 72 valence electrons. The van der Waals surface area contributed by atoms with Crippen LogP contribution in [0.4, 0.5) is 0 Å². The van der Waals surface area contributed by atoms with Gasteiger partial charge in [-0.05, 0) is 24.6 Å². The number of hydrogen-bond donors (Lipinski definition) is 1. The Morgan fingerprint density at radius 3 is 2.93 bits per heavy atom. The second-order valence-electron chi connectivity index (χ2n) is 3.07. The molecule has 0 unspecified atom stereocenters. The van der Waals surface area contributed by atoms with E-state index in [-0.39, 0.29) is 5.56 Å². The fourth-order valence-corrected chi connectivity index (χ4v) is 1.42. The van der Waals surface area contributed by atoms with Gasteiger partial charge < -0.3 is 9.72 Å². The fourth-order valence-electron chi connectivity index (χ4n) is 1.42. The molecule has 1 N–H and O–H groups in total. The number of H-pyrrole nitrogens is 1. The first-order valence-corrected chi connectivity index (χ1v) is 4.24. The second kappa shape index (κ2) is 3.14. The van der Waals surface area contributed by atoms with E-state index in [1.165, 1.54) is 6.33 Å². The molecule has 0 saturated heterocycles. The zero-order chi connectivity index (χ0) is 10.1. The number of aromatic nitrogens is 2. The summed E-state index contributed by atoms with van der Waals surface area (Å²) in [4.78, 5) is 18.0. The summed E-state index contributed by atoms with van der Waals surface area (Å²) < 4.78 is 5.13. The maximum atomic E-state index is 11.4. The molecule has 0 aliphatic rings. The quantitative estimate of drug-likeness (QED) is 0.736. The van der Waals surface area contributed by atoms with Crippen LogP contribution in [0.1, 0.15) is 5.56 Å². The summed E-state index contributed by atoms with van der Waals surface area (Å²) in [5, 5.41) is 0.551. The van der Waals surface area contributed by atoms with E-state index in [0.717, 1.165) is 5.56 Å². The van der Waals surface area contributed by atoms with Gasteiger partial charge in [0.05, 0.1) is 24.3 Å². The third-order valence-electron chi connectivity index (χ3n) is 2.16. The van der Waals surface area contributed by atoms with Gasteiger partial charge in [0.25, 0.3) is 5.56 Å². The fraction of sp³-hybridized carbons (Fsp3) is 0.200. The minimum absolute atomic E-state index is 0.145. The molecule has 0 atom stereocenters. The van der Waals surface area contributed by atoms with Gasteiger partial charge in [0.15, 0.2) is 0 Å². The highest BCUT2D eigenvalue weighted by molar-refractivity contribution is 5.80. The Bertz CT molecular complexity index is 531. The Kier molecular flexibility index (Phi) is 1.96. The number of aromatic amines is 1.